The molecule has 0 bridgehead atoms. The van der Waals surface area contributed by atoms with E-state index < -0.39 is 6.10 Å². The van der Waals surface area contributed by atoms with Crippen molar-refractivity contribution < 1.29 is 28.6 Å². The Morgan fingerprint density at radius 1 is 0.328 bits per heavy atom. The summed E-state index contributed by atoms with van der Waals surface area (Å²) < 4.78 is 16.8. The van der Waals surface area contributed by atoms with Crippen LogP contribution in [0.4, 0.5) is 0 Å². The minimum Gasteiger partial charge on any atom is -0.462 e. The highest BCUT2D eigenvalue weighted by molar-refractivity contribution is 5.71. The average molecular weight is 863 g/mol. The van der Waals surface area contributed by atoms with E-state index in [-0.39, 0.29) is 31.1 Å². The third-order valence-electron chi connectivity index (χ3n) is 12.8. The van der Waals surface area contributed by atoms with Gasteiger partial charge in [0, 0.05) is 19.3 Å². The highest BCUT2D eigenvalue weighted by atomic mass is 16.6. The molecule has 0 amide bonds. The van der Waals surface area contributed by atoms with Crippen LogP contribution < -0.4 is 0 Å². The third kappa shape index (κ3) is 47.7. The predicted octanol–water partition coefficient (Wildman–Crippen LogP) is 17.6. The van der Waals surface area contributed by atoms with Crippen molar-refractivity contribution in [3.05, 3.63) is 0 Å². The molecule has 0 spiro atoms. The van der Waals surface area contributed by atoms with Crippen molar-refractivity contribution >= 4 is 17.9 Å². The number of rotatable bonds is 48. The van der Waals surface area contributed by atoms with Crippen LogP contribution in [-0.4, -0.2) is 37.2 Å². The van der Waals surface area contributed by atoms with Crippen molar-refractivity contribution in [3.8, 4) is 0 Å². The van der Waals surface area contributed by atoms with Gasteiger partial charge in [-0.3, -0.25) is 14.4 Å². The second kappa shape index (κ2) is 46.4. The molecular formula is C55H106O6. The lowest BCUT2D eigenvalue weighted by molar-refractivity contribution is -0.167. The van der Waals surface area contributed by atoms with Crippen molar-refractivity contribution in [3.63, 3.8) is 0 Å². The maximum absolute atomic E-state index is 12.8. The van der Waals surface area contributed by atoms with E-state index in [1.807, 2.05) is 0 Å². The van der Waals surface area contributed by atoms with Crippen LogP contribution in [-0.2, 0) is 28.6 Å². The van der Waals surface area contributed by atoms with E-state index in [2.05, 4.69) is 41.5 Å². The fourth-order valence-corrected chi connectivity index (χ4v) is 8.26. The first-order valence-corrected chi connectivity index (χ1v) is 27.1. The summed E-state index contributed by atoms with van der Waals surface area (Å²) in [5.41, 5.74) is 0. The second-order valence-corrected chi connectivity index (χ2v) is 20.1. The minimum atomic E-state index is -0.763. The average Bonchev–Trinajstić information content (AvgIpc) is 3.23. The van der Waals surface area contributed by atoms with Crippen LogP contribution >= 0.6 is 0 Å². The number of esters is 3. The van der Waals surface area contributed by atoms with E-state index in [1.54, 1.807) is 0 Å². The van der Waals surface area contributed by atoms with E-state index in [0.29, 0.717) is 19.3 Å². The zero-order chi connectivity index (χ0) is 44.9. The lowest BCUT2D eigenvalue weighted by Crippen LogP contribution is -2.30. The molecule has 6 heteroatoms. The van der Waals surface area contributed by atoms with Crippen molar-refractivity contribution in [2.75, 3.05) is 13.2 Å². The molecule has 0 saturated heterocycles. The van der Waals surface area contributed by atoms with E-state index in [4.69, 9.17) is 14.2 Å². The molecule has 0 aliphatic heterocycles. The lowest BCUT2D eigenvalue weighted by Gasteiger charge is -2.18. The van der Waals surface area contributed by atoms with E-state index in [1.165, 1.54) is 180 Å². The van der Waals surface area contributed by atoms with Gasteiger partial charge in [-0.25, -0.2) is 0 Å². The Balaban J connectivity index is 4.26. The first-order chi connectivity index (χ1) is 29.6. The topological polar surface area (TPSA) is 78.9 Å². The Labute approximate surface area is 380 Å². The molecule has 0 aromatic heterocycles. The number of unbranched alkanes of at least 4 members (excludes halogenated alkanes) is 30. The second-order valence-electron chi connectivity index (χ2n) is 20.1. The molecule has 0 N–H and O–H groups in total. The smallest absolute Gasteiger partial charge is 0.306 e. The maximum atomic E-state index is 12.8. The van der Waals surface area contributed by atoms with Crippen LogP contribution in [0.1, 0.15) is 298 Å². The zero-order valence-electron chi connectivity index (χ0n) is 42.0. The normalized spacial score (nSPS) is 12.6. The molecule has 0 radical (unpaired) electrons. The van der Waals surface area contributed by atoms with E-state index >= 15 is 0 Å². The third-order valence-corrected chi connectivity index (χ3v) is 12.8. The first-order valence-electron chi connectivity index (χ1n) is 27.1. The summed E-state index contributed by atoms with van der Waals surface area (Å²) in [5, 5.41) is 0. The predicted molar refractivity (Wildman–Crippen MR) is 261 cm³/mol. The molecule has 0 fully saturated rings. The van der Waals surface area contributed by atoms with Gasteiger partial charge in [-0.05, 0) is 37.0 Å². The Hall–Kier alpha value is -1.59. The van der Waals surface area contributed by atoms with Crippen molar-refractivity contribution in [2.45, 2.75) is 304 Å². The molecule has 0 rings (SSSR count). The van der Waals surface area contributed by atoms with E-state index in [9.17, 15) is 14.4 Å². The lowest BCUT2D eigenvalue weighted by atomic mass is 9.99. The number of carbonyl (C=O) groups is 3. The minimum absolute atomic E-state index is 0.0647. The Kier molecular flexibility index (Phi) is 45.2. The molecule has 362 valence electrons. The maximum Gasteiger partial charge on any atom is 0.306 e. The summed E-state index contributed by atoms with van der Waals surface area (Å²) in [6, 6.07) is 0. The molecule has 2 atom stereocenters. The molecule has 6 nitrogen and oxygen atoms in total. The Morgan fingerprint density at radius 3 is 0.852 bits per heavy atom. The summed E-state index contributed by atoms with van der Waals surface area (Å²) in [5.74, 6) is 1.65. The van der Waals surface area contributed by atoms with Crippen LogP contribution in [0.5, 0.6) is 0 Å². The number of carbonyl (C=O) groups excluding carboxylic acids is 3. The molecule has 1 unspecified atom stereocenters. The quantitative estimate of drug-likeness (QED) is 0.0344. The fourth-order valence-electron chi connectivity index (χ4n) is 8.26. The van der Waals surface area contributed by atoms with Gasteiger partial charge in [0.25, 0.3) is 0 Å². The van der Waals surface area contributed by atoms with Gasteiger partial charge < -0.3 is 14.2 Å². The highest BCUT2D eigenvalue weighted by Gasteiger charge is 2.19. The van der Waals surface area contributed by atoms with Crippen molar-refractivity contribution in [2.24, 2.45) is 17.8 Å². The van der Waals surface area contributed by atoms with Crippen LogP contribution in [0.2, 0.25) is 0 Å². The van der Waals surface area contributed by atoms with Gasteiger partial charge in [0.15, 0.2) is 6.10 Å². The molecule has 0 aliphatic carbocycles. The molecular weight excluding hydrogens is 757 g/mol. The Bertz CT molecular complexity index is 947. The number of hydrogen-bond acceptors (Lipinski definition) is 6. The number of hydrogen-bond donors (Lipinski definition) is 0. The van der Waals surface area contributed by atoms with Gasteiger partial charge in [0.1, 0.15) is 13.2 Å². The Morgan fingerprint density at radius 2 is 0.574 bits per heavy atom. The van der Waals surface area contributed by atoms with Gasteiger partial charge in [0.2, 0.25) is 0 Å². The van der Waals surface area contributed by atoms with Gasteiger partial charge in [-0.2, -0.15) is 0 Å². The summed E-state index contributed by atoms with van der Waals surface area (Å²) in [6.45, 7) is 13.7. The van der Waals surface area contributed by atoms with Crippen LogP contribution in [0.15, 0.2) is 0 Å². The van der Waals surface area contributed by atoms with Gasteiger partial charge >= 0.3 is 17.9 Å². The molecule has 0 aliphatic rings. The molecule has 0 heterocycles. The van der Waals surface area contributed by atoms with Gasteiger partial charge in [-0.1, -0.05) is 260 Å². The summed E-state index contributed by atoms with van der Waals surface area (Å²) in [7, 11) is 0. The summed E-state index contributed by atoms with van der Waals surface area (Å²) in [6.07, 6.45) is 46.6. The molecule has 0 aromatic rings. The largest absolute Gasteiger partial charge is 0.462 e. The van der Waals surface area contributed by atoms with Crippen LogP contribution in [0.3, 0.4) is 0 Å². The van der Waals surface area contributed by atoms with Crippen molar-refractivity contribution in [1.29, 1.82) is 0 Å². The zero-order valence-corrected chi connectivity index (χ0v) is 42.0. The molecule has 0 aromatic carbocycles. The van der Waals surface area contributed by atoms with Gasteiger partial charge in [-0.15, -0.1) is 0 Å². The van der Waals surface area contributed by atoms with Gasteiger partial charge in [0.05, 0.1) is 0 Å². The summed E-state index contributed by atoms with van der Waals surface area (Å²) >= 11 is 0. The summed E-state index contributed by atoms with van der Waals surface area (Å²) in [4.78, 5) is 38.0. The van der Waals surface area contributed by atoms with Crippen molar-refractivity contribution in [1.82, 2.24) is 0 Å². The first kappa shape index (κ1) is 59.4. The molecule has 61 heavy (non-hydrogen) atoms. The standard InChI is InChI=1S/C55H106O6/c1-7-51(6)43-37-31-25-21-22-27-33-39-45-54(57)60-48-52(61-55(58)46-40-34-28-20-16-18-24-30-36-42-50(4)5)47-59-53(56)44-38-32-26-19-15-13-11-9-8-10-12-14-17-23-29-35-41-49(2)3/h49-52H,7-48H2,1-6H3/t51?,52-/m1/s1. The van der Waals surface area contributed by atoms with Crippen LogP contribution in [0, 0.1) is 17.8 Å². The SMILES string of the molecule is CCC(C)CCCCCCCCCCC(=O)OC[C@@H](COC(=O)CCCCCCCCCCCCCCCCCCC(C)C)OC(=O)CCCCCCCCCCCC(C)C. The van der Waals surface area contributed by atoms with E-state index in [0.717, 1.165) is 75.5 Å². The monoisotopic (exact) mass is 863 g/mol. The fraction of sp³-hybridized carbons (Fsp3) is 0.945. The van der Waals surface area contributed by atoms with Crippen LogP contribution in [0.25, 0.3) is 0 Å². The number of ether oxygens (including phenoxy) is 3. The highest BCUT2D eigenvalue weighted by Crippen LogP contribution is 2.18. The molecule has 0 saturated carbocycles.